The zero-order valence-corrected chi connectivity index (χ0v) is 13.5. The van der Waals surface area contributed by atoms with Crippen LogP contribution in [0, 0.1) is 24.4 Å². The van der Waals surface area contributed by atoms with Crippen LogP contribution in [-0.4, -0.2) is 15.9 Å². The van der Waals surface area contributed by atoms with Crippen LogP contribution in [0.3, 0.4) is 0 Å². The number of hydrogen-bond acceptors (Lipinski definition) is 5. The van der Waals surface area contributed by atoms with Gasteiger partial charge in [0.15, 0.2) is 17.5 Å². The van der Waals surface area contributed by atoms with Crippen molar-refractivity contribution in [2.24, 2.45) is 0 Å². The molecule has 0 radical (unpaired) electrons. The van der Waals surface area contributed by atoms with Crippen LogP contribution in [-0.2, 0) is 0 Å². The maximum Gasteiger partial charge on any atom is 0.346 e. The van der Waals surface area contributed by atoms with Gasteiger partial charge >= 0.3 is 5.97 Å². The lowest BCUT2D eigenvalue weighted by molar-refractivity contribution is 0.0728. The molecule has 2 aromatic carbocycles. The highest BCUT2D eigenvalue weighted by Gasteiger charge is 2.20. The number of carbonyl (C=O) groups excluding carboxylic acids is 1. The first-order valence-corrected chi connectivity index (χ1v) is 7.45. The highest BCUT2D eigenvalue weighted by Crippen LogP contribution is 2.23. The second-order valence-corrected chi connectivity index (χ2v) is 5.31. The smallest absolute Gasteiger partial charge is 0.346 e. The normalized spacial score (nSPS) is 10.5. The van der Waals surface area contributed by atoms with Crippen molar-refractivity contribution >= 4 is 17.5 Å². The Morgan fingerprint density at radius 1 is 1.04 bits per heavy atom. The topological polar surface area (TPSA) is 64.1 Å². The van der Waals surface area contributed by atoms with E-state index in [0.717, 1.165) is 11.8 Å². The van der Waals surface area contributed by atoms with Gasteiger partial charge in [0.1, 0.15) is 17.9 Å². The Bertz CT molecular complexity index is 980. The van der Waals surface area contributed by atoms with Crippen molar-refractivity contribution in [1.29, 1.82) is 0 Å². The van der Waals surface area contributed by atoms with E-state index in [4.69, 9.17) is 4.74 Å². The zero-order valence-electron chi connectivity index (χ0n) is 13.5. The van der Waals surface area contributed by atoms with Crippen molar-refractivity contribution < 1.29 is 22.7 Å². The fourth-order valence-corrected chi connectivity index (χ4v) is 2.15. The number of aromatic nitrogens is 2. The Morgan fingerprint density at radius 3 is 2.62 bits per heavy atom. The molecule has 0 bridgehead atoms. The number of benzene rings is 2. The molecule has 8 heteroatoms. The molecule has 0 unspecified atom stereocenters. The summed E-state index contributed by atoms with van der Waals surface area (Å²) in [7, 11) is 0. The van der Waals surface area contributed by atoms with Crippen molar-refractivity contribution in [3.8, 4) is 5.75 Å². The third-order valence-corrected chi connectivity index (χ3v) is 3.38. The number of nitrogens with zero attached hydrogens (tertiary/aromatic N) is 2. The van der Waals surface area contributed by atoms with Crippen LogP contribution < -0.4 is 10.1 Å². The van der Waals surface area contributed by atoms with E-state index in [9.17, 15) is 18.0 Å². The standard InChI is InChI=1S/C18H12F3N3O2/c1-10-7-15(23-9-22-10)24-11-3-2-4-12(8-11)26-18(25)13-5-6-14(19)17(21)16(13)20/h2-9H,1H3,(H,22,23,24). The van der Waals surface area contributed by atoms with E-state index >= 15 is 0 Å². The molecule has 0 amide bonds. The van der Waals surface area contributed by atoms with Crippen LogP contribution in [0.1, 0.15) is 16.1 Å². The molecule has 0 aliphatic rings. The molecule has 3 aromatic rings. The lowest BCUT2D eigenvalue weighted by atomic mass is 10.2. The number of anilines is 2. The van der Waals surface area contributed by atoms with Crippen molar-refractivity contribution in [3.63, 3.8) is 0 Å². The molecule has 5 nitrogen and oxygen atoms in total. The van der Waals surface area contributed by atoms with Gasteiger partial charge in [0, 0.05) is 23.5 Å². The molecular weight excluding hydrogens is 347 g/mol. The molecule has 0 aliphatic heterocycles. The zero-order chi connectivity index (χ0) is 18.7. The second-order valence-electron chi connectivity index (χ2n) is 5.31. The number of carbonyl (C=O) groups is 1. The summed E-state index contributed by atoms with van der Waals surface area (Å²) in [6.45, 7) is 1.81. The minimum absolute atomic E-state index is 0.0925. The summed E-state index contributed by atoms with van der Waals surface area (Å²) in [6.07, 6.45) is 1.40. The predicted octanol–water partition coefficient (Wildman–Crippen LogP) is 4.17. The minimum Gasteiger partial charge on any atom is -0.423 e. The van der Waals surface area contributed by atoms with Gasteiger partial charge < -0.3 is 10.1 Å². The highest BCUT2D eigenvalue weighted by molar-refractivity contribution is 5.91. The van der Waals surface area contributed by atoms with Crippen molar-refractivity contribution in [1.82, 2.24) is 9.97 Å². The molecule has 26 heavy (non-hydrogen) atoms. The van der Waals surface area contributed by atoms with Crippen LogP contribution in [0.2, 0.25) is 0 Å². The largest absolute Gasteiger partial charge is 0.423 e. The predicted molar refractivity (Wildman–Crippen MR) is 87.8 cm³/mol. The van der Waals surface area contributed by atoms with Gasteiger partial charge in [0.05, 0.1) is 5.56 Å². The Balaban J connectivity index is 1.78. The third-order valence-electron chi connectivity index (χ3n) is 3.38. The first kappa shape index (κ1) is 17.4. The van der Waals surface area contributed by atoms with Crippen molar-refractivity contribution in [3.05, 3.63) is 77.5 Å². The Kier molecular flexibility index (Phi) is 4.83. The first-order chi connectivity index (χ1) is 12.4. The van der Waals surface area contributed by atoms with Crippen LogP contribution in [0.4, 0.5) is 24.7 Å². The average molecular weight is 359 g/mol. The first-order valence-electron chi connectivity index (χ1n) is 7.45. The summed E-state index contributed by atoms with van der Waals surface area (Å²) >= 11 is 0. The maximum atomic E-state index is 13.7. The lowest BCUT2D eigenvalue weighted by Gasteiger charge is -2.09. The molecular formula is C18H12F3N3O2. The Morgan fingerprint density at radius 2 is 1.85 bits per heavy atom. The SMILES string of the molecule is Cc1cc(Nc2cccc(OC(=O)c3ccc(F)c(F)c3F)c2)ncn1. The van der Waals surface area contributed by atoms with E-state index in [-0.39, 0.29) is 5.75 Å². The van der Waals surface area contributed by atoms with E-state index in [2.05, 4.69) is 15.3 Å². The molecule has 0 fully saturated rings. The summed E-state index contributed by atoms with van der Waals surface area (Å²) in [6, 6.07) is 9.44. The summed E-state index contributed by atoms with van der Waals surface area (Å²) in [5, 5.41) is 3.00. The van der Waals surface area contributed by atoms with Crippen molar-refractivity contribution in [2.75, 3.05) is 5.32 Å². The lowest BCUT2D eigenvalue weighted by Crippen LogP contribution is -2.12. The van der Waals surface area contributed by atoms with E-state index in [1.807, 2.05) is 0 Å². The van der Waals surface area contributed by atoms with E-state index < -0.39 is 29.0 Å². The third kappa shape index (κ3) is 3.80. The number of hydrogen-bond donors (Lipinski definition) is 1. The fraction of sp³-hybridized carbons (Fsp3) is 0.0556. The summed E-state index contributed by atoms with van der Waals surface area (Å²) in [5.41, 5.74) is 0.617. The van der Waals surface area contributed by atoms with Gasteiger partial charge in [-0.25, -0.2) is 27.9 Å². The summed E-state index contributed by atoms with van der Waals surface area (Å²) in [5.74, 6) is -5.22. The summed E-state index contributed by atoms with van der Waals surface area (Å²) < 4.78 is 44.9. The highest BCUT2D eigenvalue weighted by atomic mass is 19.2. The number of rotatable bonds is 4. The van der Waals surface area contributed by atoms with Gasteiger partial charge in [0.25, 0.3) is 0 Å². The molecule has 0 aliphatic carbocycles. The molecule has 1 N–H and O–H groups in total. The molecule has 0 saturated carbocycles. The molecule has 3 rings (SSSR count). The molecule has 0 atom stereocenters. The number of aryl methyl sites for hydroxylation is 1. The van der Waals surface area contributed by atoms with Crippen LogP contribution >= 0.6 is 0 Å². The molecule has 1 heterocycles. The Hall–Kier alpha value is -3.42. The van der Waals surface area contributed by atoms with Crippen LogP contribution in [0.15, 0.2) is 48.8 Å². The maximum absolute atomic E-state index is 13.7. The van der Waals surface area contributed by atoms with E-state index in [1.165, 1.54) is 18.5 Å². The quantitative estimate of drug-likeness (QED) is 0.430. The number of ether oxygens (including phenoxy) is 1. The number of halogens is 3. The average Bonchev–Trinajstić information content (AvgIpc) is 2.60. The minimum atomic E-state index is -1.73. The monoisotopic (exact) mass is 359 g/mol. The van der Waals surface area contributed by atoms with E-state index in [0.29, 0.717) is 17.6 Å². The van der Waals surface area contributed by atoms with Crippen molar-refractivity contribution in [2.45, 2.75) is 6.92 Å². The molecule has 0 saturated heterocycles. The van der Waals surface area contributed by atoms with Crippen LogP contribution in [0.5, 0.6) is 5.75 Å². The van der Waals surface area contributed by atoms with E-state index in [1.54, 1.807) is 25.1 Å². The van der Waals surface area contributed by atoms with Crippen LogP contribution in [0.25, 0.3) is 0 Å². The van der Waals surface area contributed by atoms with Gasteiger partial charge in [0.2, 0.25) is 0 Å². The molecule has 1 aromatic heterocycles. The van der Waals surface area contributed by atoms with Gasteiger partial charge in [-0.1, -0.05) is 6.07 Å². The number of esters is 1. The van der Waals surface area contributed by atoms with Gasteiger partial charge in [-0.05, 0) is 31.2 Å². The van der Waals surface area contributed by atoms with Gasteiger partial charge in [-0.3, -0.25) is 0 Å². The molecule has 0 spiro atoms. The summed E-state index contributed by atoms with van der Waals surface area (Å²) in [4.78, 5) is 20.0. The fourth-order valence-electron chi connectivity index (χ4n) is 2.15. The van der Waals surface area contributed by atoms with Gasteiger partial charge in [-0.15, -0.1) is 0 Å². The number of nitrogens with one attached hydrogen (secondary N) is 1. The van der Waals surface area contributed by atoms with Gasteiger partial charge in [-0.2, -0.15) is 0 Å². The molecule has 132 valence electrons. The second kappa shape index (κ2) is 7.22. The Labute approximate surface area is 146 Å².